The Balaban J connectivity index is 1.85. The highest BCUT2D eigenvalue weighted by Gasteiger charge is 2.28. The molecule has 3 aromatic rings. The molecule has 0 radical (unpaired) electrons. The molecule has 2 aromatic heterocycles. The summed E-state index contributed by atoms with van der Waals surface area (Å²) in [5, 5.41) is 9.51. The van der Waals surface area contributed by atoms with Crippen LogP contribution in [-0.4, -0.2) is 32.7 Å². The minimum Gasteiger partial charge on any atom is -0.353 e. The molecule has 0 spiro atoms. The predicted octanol–water partition coefficient (Wildman–Crippen LogP) is 5.03. The minimum absolute atomic E-state index is 0.379. The molecule has 5 nitrogen and oxygen atoms in total. The quantitative estimate of drug-likeness (QED) is 0.616. The number of aryl methyl sites for hydroxylation is 1. The second-order valence-electron chi connectivity index (χ2n) is 7.65. The fourth-order valence-corrected chi connectivity index (χ4v) is 3.92. The van der Waals surface area contributed by atoms with Gasteiger partial charge in [0.05, 0.1) is 21.4 Å². The fraction of sp³-hybridized carbons (Fsp3) is 0.421. The van der Waals surface area contributed by atoms with Gasteiger partial charge in [0, 0.05) is 18.7 Å². The van der Waals surface area contributed by atoms with E-state index in [9.17, 15) is 0 Å². The van der Waals surface area contributed by atoms with Crippen LogP contribution in [-0.2, 0) is 0 Å². The summed E-state index contributed by atoms with van der Waals surface area (Å²) in [6, 6.07) is 5.61. The summed E-state index contributed by atoms with van der Waals surface area (Å²) in [6.45, 7) is 8.57. The molecule has 1 aliphatic heterocycles. The Hall–Kier alpha value is -1.85. The SMILES string of the molecule is Cc1nc(N2CCC(C)(C)CC2)c2nncn2c1-c1cccc(Cl)c1Cl. The maximum absolute atomic E-state index is 6.46. The molecule has 0 unspecified atom stereocenters. The van der Waals surface area contributed by atoms with Crippen LogP contribution < -0.4 is 4.90 Å². The largest absolute Gasteiger partial charge is 0.353 e. The number of halogens is 2. The number of piperidine rings is 1. The average Bonchev–Trinajstić information content (AvgIpc) is 3.07. The van der Waals surface area contributed by atoms with Crippen molar-refractivity contribution in [3.63, 3.8) is 0 Å². The van der Waals surface area contributed by atoms with Gasteiger partial charge in [0.15, 0.2) is 5.82 Å². The second-order valence-corrected chi connectivity index (χ2v) is 8.43. The van der Waals surface area contributed by atoms with Crippen molar-refractivity contribution >= 4 is 34.7 Å². The van der Waals surface area contributed by atoms with Crippen LogP contribution in [0.1, 0.15) is 32.4 Å². The highest BCUT2D eigenvalue weighted by Crippen LogP contribution is 2.37. The third-order valence-corrected chi connectivity index (χ3v) is 6.05. The Bertz CT molecular complexity index is 969. The Kier molecular flexibility index (Phi) is 4.32. The van der Waals surface area contributed by atoms with E-state index in [-0.39, 0.29) is 0 Å². The number of aromatic nitrogens is 4. The highest BCUT2D eigenvalue weighted by atomic mass is 35.5. The van der Waals surface area contributed by atoms with Crippen LogP contribution in [0.25, 0.3) is 16.9 Å². The molecular weight excluding hydrogens is 369 g/mol. The van der Waals surface area contributed by atoms with E-state index in [2.05, 4.69) is 28.9 Å². The lowest BCUT2D eigenvalue weighted by Gasteiger charge is -2.37. The first-order chi connectivity index (χ1) is 12.4. The van der Waals surface area contributed by atoms with Crippen molar-refractivity contribution < 1.29 is 0 Å². The number of hydrogen-bond donors (Lipinski definition) is 0. The lowest BCUT2D eigenvalue weighted by Crippen LogP contribution is -2.38. The molecular formula is C19H21Cl2N5. The molecule has 4 rings (SSSR count). The Morgan fingerprint density at radius 2 is 1.85 bits per heavy atom. The molecule has 0 aliphatic carbocycles. The van der Waals surface area contributed by atoms with Crippen LogP contribution in [0.15, 0.2) is 24.5 Å². The fourth-order valence-electron chi connectivity index (χ4n) is 3.53. The molecule has 1 aromatic carbocycles. The Morgan fingerprint density at radius 1 is 1.12 bits per heavy atom. The van der Waals surface area contributed by atoms with Crippen LogP contribution in [0.3, 0.4) is 0 Å². The second kappa shape index (κ2) is 6.39. The molecule has 0 N–H and O–H groups in total. The topological polar surface area (TPSA) is 46.3 Å². The van der Waals surface area contributed by atoms with Gasteiger partial charge in [-0.05, 0) is 31.2 Å². The molecule has 1 aliphatic rings. The van der Waals surface area contributed by atoms with Gasteiger partial charge >= 0.3 is 0 Å². The normalized spacial score (nSPS) is 17.0. The van der Waals surface area contributed by atoms with E-state index in [4.69, 9.17) is 28.2 Å². The standard InChI is InChI=1S/C19H21Cl2N5/c1-12-16(13-5-4-6-14(20)15(13)21)26-11-22-24-18(26)17(23-12)25-9-7-19(2,3)8-10-25/h4-6,11H,7-10H2,1-3H3. The Labute approximate surface area is 163 Å². The summed E-state index contributed by atoms with van der Waals surface area (Å²) in [5.41, 5.74) is 3.71. The van der Waals surface area contributed by atoms with Gasteiger partial charge in [0.2, 0.25) is 5.65 Å². The van der Waals surface area contributed by atoms with E-state index < -0.39 is 0 Å². The average molecular weight is 390 g/mol. The lowest BCUT2D eigenvalue weighted by atomic mass is 9.83. The summed E-state index contributed by atoms with van der Waals surface area (Å²) < 4.78 is 1.97. The maximum atomic E-state index is 6.46. The van der Waals surface area contributed by atoms with Crippen molar-refractivity contribution in [2.75, 3.05) is 18.0 Å². The molecule has 0 atom stereocenters. The van der Waals surface area contributed by atoms with Crippen molar-refractivity contribution in [2.45, 2.75) is 33.6 Å². The van der Waals surface area contributed by atoms with Gasteiger partial charge in [0.1, 0.15) is 6.33 Å². The monoisotopic (exact) mass is 389 g/mol. The molecule has 26 heavy (non-hydrogen) atoms. The van der Waals surface area contributed by atoms with Crippen molar-refractivity contribution in [1.29, 1.82) is 0 Å². The van der Waals surface area contributed by atoms with Crippen LogP contribution in [0.4, 0.5) is 5.82 Å². The predicted molar refractivity (Wildman–Crippen MR) is 106 cm³/mol. The first kappa shape index (κ1) is 17.6. The Morgan fingerprint density at radius 3 is 2.58 bits per heavy atom. The van der Waals surface area contributed by atoms with Gasteiger partial charge in [-0.2, -0.15) is 0 Å². The van der Waals surface area contributed by atoms with Crippen molar-refractivity contribution in [1.82, 2.24) is 19.6 Å². The summed E-state index contributed by atoms with van der Waals surface area (Å²) in [7, 11) is 0. The van der Waals surface area contributed by atoms with Crippen LogP contribution in [0.5, 0.6) is 0 Å². The lowest BCUT2D eigenvalue weighted by molar-refractivity contribution is 0.279. The zero-order chi connectivity index (χ0) is 18.5. The third kappa shape index (κ3) is 2.93. The van der Waals surface area contributed by atoms with Crippen molar-refractivity contribution in [2.24, 2.45) is 5.41 Å². The van der Waals surface area contributed by atoms with Crippen molar-refractivity contribution in [3.8, 4) is 11.3 Å². The molecule has 7 heteroatoms. The maximum Gasteiger partial charge on any atom is 0.204 e. The summed E-state index contributed by atoms with van der Waals surface area (Å²) in [5.74, 6) is 0.886. The molecule has 1 fully saturated rings. The highest BCUT2D eigenvalue weighted by molar-refractivity contribution is 6.43. The van der Waals surface area contributed by atoms with Crippen LogP contribution in [0.2, 0.25) is 10.0 Å². The van der Waals surface area contributed by atoms with E-state index in [0.717, 1.165) is 54.3 Å². The van der Waals surface area contributed by atoms with Crippen LogP contribution >= 0.6 is 23.2 Å². The van der Waals surface area contributed by atoms with E-state index >= 15 is 0 Å². The number of benzene rings is 1. The molecule has 0 amide bonds. The van der Waals surface area contributed by atoms with Crippen molar-refractivity contribution in [3.05, 3.63) is 40.3 Å². The van der Waals surface area contributed by atoms with Gasteiger partial charge < -0.3 is 4.90 Å². The van der Waals surface area contributed by atoms with E-state index in [1.54, 1.807) is 12.4 Å². The number of rotatable bonds is 2. The zero-order valence-corrected chi connectivity index (χ0v) is 16.6. The van der Waals surface area contributed by atoms with E-state index in [0.29, 0.717) is 15.5 Å². The van der Waals surface area contributed by atoms with Gasteiger partial charge in [0.25, 0.3) is 0 Å². The number of anilines is 1. The van der Waals surface area contributed by atoms with Crippen LogP contribution in [0, 0.1) is 12.3 Å². The minimum atomic E-state index is 0.379. The summed E-state index contributed by atoms with van der Waals surface area (Å²) >= 11 is 12.7. The number of nitrogens with zero attached hydrogens (tertiary/aromatic N) is 5. The molecule has 0 saturated carbocycles. The third-order valence-electron chi connectivity index (χ3n) is 5.23. The van der Waals surface area contributed by atoms with Gasteiger partial charge in [-0.3, -0.25) is 4.40 Å². The first-order valence-electron chi connectivity index (χ1n) is 8.77. The van der Waals surface area contributed by atoms with Gasteiger partial charge in [-0.1, -0.05) is 49.2 Å². The van der Waals surface area contributed by atoms with Gasteiger partial charge in [-0.15, -0.1) is 10.2 Å². The molecule has 136 valence electrons. The first-order valence-corrected chi connectivity index (χ1v) is 9.53. The molecule has 3 heterocycles. The molecule has 0 bridgehead atoms. The molecule has 1 saturated heterocycles. The summed E-state index contributed by atoms with van der Waals surface area (Å²) in [4.78, 5) is 7.20. The summed E-state index contributed by atoms with van der Waals surface area (Å²) in [6.07, 6.45) is 3.99. The van der Waals surface area contributed by atoms with E-state index in [1.165, 1.54) is 0 Å². The van der Waals surface area contributed by atoms with E-state index in [1.807, 2.05) is 23.5 Å². The smallest absolute Gasteiger partial charge is 0.204 e. The number of fused-ring (bicyclic) bond motifs is 1. The number of hydrogen-bond acceptors (Lipinski definition) is 4. The zero-order valence-electron chi connectivity index (χ0n) is 15.1. The van der Waals surface area contributed by atoms with Gasteiger partial charge in [-0.25, -0.2) is 4.98 Å².